The maximum Gasteiger partial charge on any atom is 0.336 e. The van der Waals surface area contributed by atoms with Gasteiger partial charge in [0.2, 0.25) is 6.29 Å². The Hall–Kier alpha value is -2.60. The fourth-order valence-electron chi connectivity index (χ4n) is 1.63. The molecule has 0 radical (unpaired) electrons. The van der Waals surface area contributed by atoms with Crippen molar-refractivity contribution in [2.75, 3.05) is 19.8 Å². The molecule has 0 N–H and O–H groups in total. The third kappa shape index (κ3) is 13.6. The minimum Gasteiger partial charge on any atom is -0.460 e. The van der Waals surface area contributed by atoms with Gasteiger partial charge in [0.25, 0.3) is 0 Å². The van der Waals surface area contributed by atoms with Crippen LogP contribution in [0.5, 0.6) is 5.75 Å². The van der Waals surface area contributed by atoms with Gasteiger partial charge in [0.05, 0.1) is 6.61 Å². The van der Waals surface area contributed by atoms with E-state index in [0.29, 0.717) is 30.1 Å². The summed E-state index contributed by atoms with van der Waals surface area (Å²) < 4.78 is 20.3. The van der Waals surface area contributed by atoms with Crippen LogP contribution in [0.3, 0.4) is 0 Å². The lowest BCUT2D eigenvalue weighted by atomic mass is 10.3. The van der Waals surface area contributed by atoms with Gasteiger partial charge in [-0.3, -0.25) is 0 Å². The molecule has 1 aromatic carbocycles. The van der Waals surface area contributed by atoms with Gasteiger partial charge < -0.3 is 18.9 Å². The van der Waals surface area contributed by atoms with Crippen molar-refractivity contribution in [1.29, 1.82) is 0 Å². The van der Waals surface area contributed by atoms with E-state index in [4.69, 9.17) is 18.9 Å². The third-order valence-corrected chi connectivity index (χ3v) is 3.12. The molecular weight excluding hydrogens is 360 g/mol. The van der Waals surface area contributed by atoms with Crippen LogP contribution in [0, 0.1) is 0 Å². The predicted octanol–water partition coefficient (Wildman–Crippen LogP) is 4.45. The Labute approximate surface area is 168 Å². The van der Waals surface area contributed by atoms with Crippen molar-refractivity contribution in [3.05, 3.63) is 54.6 Å². The standard InChI is InChI=1S/C12H14O3.C10H18O3/c1-9(2)12(13)15-10(3)14-11-7-5-4-6-8-11;1-4-5-6-12-7-8-13-10(11)9(2)3/h4-8,10H,1H2,2-3H3;2,4-8H2,1,3H3. The zero-order valence-corrected chi connectivity index (χ0v) is 17.4. The highest BCUT2D eigenvalue weighted by molar-refractivity contribution is 5.87. The van der Waals surface area contributed by atoms with E-state index in [1.807, 2.05) is 18.2 Å². The molecule has 0 aliphatic carbocycles. The highest BCUT2D eigenvalue weighted by Gasteiger charge is 2.10. The van der Waals surface area contributed by atoms with Crippen LogP contribution in [0.15, 0.2) is 54.6 Å². The van der Waals surface area contributed by atoms with Crippen molar-refractivity contribution in [2.24, 2.45) is 0 Å². The molecule has 0 spiro atoms. The molecule has 28 heavy (non-hydrogen) atoms. The van der Waals surface area contributed by atoms with E-state index in [-0.39, 0.29) is 5.97 Å². The Morgan fingerprint density at radius 3 is 2.11 bits per heavy atom. The Kier molecular flexibility index (Phi) is 14.0. The second-order valence-electron chi connectivity index (χ2n) is 6.07. The summed E-state index contributed by atoms with van der Waals surface area (Å²) >= 11 is 0. The van der Waals surface area contributed by atoms with Crippen LogP contribution < -0.4 is 4.74 Å². The summed E-state index contributed by atoms with van der Waals surface area (Å²) in [6, 6.07) is 9.18. The number of para-hydroxylation sites is 1. The maximum absolute atomic E-state index is 11.1. The number of hydrogen-bond donors (Lipinski definition) is 0. The van der Waals surface area contributed by atoms with Crippen molar-refractivity contribution in [2.45, 2.75) is 46.8 Å². The zero-order valence-electron chi connectivity index (χ0n) is 17.4. The van der Waals surface area contributed by atoms with Crippen molar-refractivity contribution >= 4 is 11.9 Å². The van der Waals surface area contributed by atoms with E-state index in [1.165, 1.54) is 0 Å². The molecule has 0 aromatic heterocycles. The van der Waals surface area contributed by atoms with E-state index >= 15 is 0 Å². The average molecular weight is 392 g/mol. The molecule has 0 heterocycles. The normalized spacial score (nSPS) is 10.7. The molecule has 1 atom stereocenters. The second-order valence-corrected chi connectivity index (χ2v) is 6.07. The Morgan fingerprint density at radius 1 is 0.964 bits per heavy atom. The van der Waals surface area contributed by atoms with Gasteiger partial charge in [0.1, 0.15) is 12.4 Å². The first-order chi connectivity index (χ1) is 13.3. The summed E-state index contributed by atoms with van der Waals surface area (Å²) in [5.41, 5.74) is 0.784. The topological polar surface area (TPSA) is 71.1 Å². The minimum absolute atomic E-state index is 0.315. The van der Waals surface area contributed by atoms with E-state index in [9.17, 15) is 9.59 Å². The highest BCUT2D eigenvalue weighted by atomic mass is 16.7. The molecule has 0 bridgehead atoms. The minimum atomic E-state index is -0.614. The summed E-state index contributed by atoms with van der Waals surface area (Å²) in [6.45, 7) is 15.5. The molecule has 156 valence electrons. The van der Waals surface area contributed by atoms with Crippen molar-refractivity contribution in [1.82, 2.24) is 0 Å². The Morgan fingerprint density at radius 2 is 1.57 bits per heavy atom. The first kappa shape index (κ1) is 25.4. The van der Waals surface area contributed by atoms with Crippen molar-refractivity contribution in [3.8, 4) is 5.75 Å². The number of benzene rings is 1. The van der Waals surface area contributed by atoms with Gasteiger partial charge in [-0.15, -0.1) is 0 Å². The van der Waals surface area contributed by atoms with Gasteiger partial charge in [0.15, 0.2) is 0 Å². The van der Waals surface area contributed by atoms with Gasteiger partial charge >= 0.3 is 11.9 Å². The van der Waals surface area contributed by atoms with E-state index in [1.54, 1.807) is 32.9 Å². The van der Waals surface area contributed by atoms with Crippen LogP contribution in [0.4, 0.5) is 0 Å². The molecule has 0 fully saturated rings. The summed E-state index contributed by atoms with van der Waals surface area (Å²) in [7, 11) is 0. The first-order valence-electron chi connectivity index (χ1n) is 9.26. The number of carbonyl (C=O) groups is 2. The van der Waals surface area contributed by atoms with Gasteiger partial charge in [0, 0.05) is 24.7 Å². The van der Waals surface area contributed by atoms with Gasteiger partial charge in [-0.2, -0.15) is 0 Å². The number of unbranched alkanes of at least 4 members (excludes halogenated alkanes) is 1. The van der Waals surface area contributed by atoms with Crippen LogP contribution in [0.25, 0.3) is 0 Å². The quantitative estimate of drug-likeness (QED) is 0.240. The van der Waals surface area contributed by atoms with Crippen molar-refractivity contribution in [3.63, 3.8) is 0 Å². The number of hydrogen-bond acceptors (Lipinski definition) is 6. The van der Waals surface area contributed by atoms with Crippen LogP contribution >= 0.6 is 0 Å². The largest absolute Gasteiger partial charge is 0.460 e. The molecule has 0 saturated heterocycles. The summed E-state index contributed by atoms with van der Waals surface area (Å²) in [5.74, 6) is -0.128. The summed E-state index contributed by atoms with van der Waals surface area (Å²) in [6.07, 6.45) is 1.55. The number of ether oxygens (including phenoxy) is 4. The lowest BCUT2D eigenvalue weighted by molar-refractivity contribution is -0.156. The monoisotopic (exact) mass is 392 g/mol. The Bertz CT molecular complexity index is 609. The summed E-state index contributed by atoms with van der Waals surface area (Å²) in [5, 5.41) is 0. The summed E-state index contributed by atoms with van der Waals surface area (Å²) in [4.78, 5) is 22.0. The predicted molar refractivity (Wildman–Crippen MR) is 109 cm³/mol. The highest BCUT2D eigenvalue weighted by Crippen LogP contribution is 2.11. The number of rotatable bonds is 11. The van der Waals surface area contributed by atoms with E-state index in [2.05, 4.69) is 20.1 Å². The number of carbonyl (C=O) groups excluding carboxylic acids is 2. The van der Waals surface area contributed by atoms with E-state index < -0.39 is 12.3 Å². The molecule has 6 heteroatoms. The molecule has 0 aliphatic rings. The molecule has 1 unspecified atom stereocenters. The average Bonchev–Trinajstić information content (AvgIpc) is 2.65. The maximum atomic E-state index is 11.1. The smallest absolute Gasteiger partial charge is 0.336 e. The van der Waals surface area contributed by atoms with Gasteiger partial charge in [-0.1, -0.05) is 44.7 Å². The molecule has 0 amide bonds. The molecule has 0 saturated carbocycles. The number of esters is 2. The molecule has 1 aromatic rings. The van der Waals surface area contributed by atoms with Crippen LogP contribution in [0.2, 0.25) is 0 Å². The zero-order chi connectivity index (χ0) is 21.4. The van der Waals surface area contributed by atoms with Crippen LogP contribution in [-0.2, 0) is 23.8 Å². The second kappa shape index (κ2) is 15.5. The van der Waals surface area contributed by atoms with Gasteiger partial charge in [-0.25, -0.2) is 9.59 Å². The lowest BCUT2D eigenvalue weighted by Gasteiger charge is -2.14. The van der Waals surface area contributed by atoms with E-state index in [0.717, 1.165) is 19.4 Å². The fourth-order valence-corrected chi connectivity index (χ4v) is 1.63. The van der Waals surface area contributed by atoms with Crippen LogP contribution in [0.1, 0.15) is 40.5 Å². The first-order valence-corrected chi connectivity index (χ1v) is 9.26. The Balaban J connectivity index is 0.000000528. The molecular formula is C22H32O6. The third-order valence-electron chi connectivity index (χ3n) is 3.12. The molecule has 6 nitrogen and oxygen atoms in total. The van der Waals surface area contributed by atoms with Gasteiger partial charge in [-0.05, 0) is 32.4 Å². The SMILES string of the molecule is C=C(C)C(=O)OC(C)Oc1ccccc1.C=C(C)C(=O)OCCOCCCC. The molecule has 1 rings (SSSR count). The molecule has 0 aliphatic heterocycles. The fraction of sp³-hybridized carbons (Fsp3) is 0.455. The lowest BCUT2D eigenvalue weighted by Crippen LogP contribution is -2.21. The van der Waals surface area contributed by atoms with Crippen LogP contribution in [-0.4, -0.2) is 38.0 Å². The van der Waals surface area contributed by atoms with Crippen molar-refractivity contribution < 1.29 is 28.5 Å².